The first-order valence-corrected chi connectivity index (χ1v) is 11.7. The standard InChI is InChI=1S/C25H28N4OS/c1-3-6-25(7-8-25)31-29-16-18(2)24-21(17-30)13-20(14-22(24)29)19-4-5-23(27-15-19)28-11-9-26-10-12-28/h3-5,13-17,26H,1,6-12H2,2H3. The van der Waals surface area contributed by atoms with E-state index in [1.807, 2.05) is 30.3 Å². The molecule has 1 aromatic carbocycles. The molecular formula is C25H28N4OS. The van der Waals surface area contributed by atoms with Gasteiger partial charge in [-0.1, -0.05) is 6.08 Å². The number of carbonyl (C=O) groups is 1. The molecule has 6 heteroatoms. The molecule has 2 aliphatic rings. The Morgan fingerprint density at radius 1 is 1.23 bits per heavy atom. The Morgan fingerprint density at radius 2 is 2.03 bits per heavy atom. The molecule has 1 saturated heterocycles. The van der Waals surface area contributed by atoms with Crippen LogP contribution in [0.3, 0.4) is 0 Å². The van der Waals surface area contributed by atoms with E-state index in [-0.39, 0.29) is 4.75 Å². The Morgan fingerprint density at radius 3 is 2.68 bits per heavy atom. The molecule has 2 fully saturated rings. The number of carbonyl (C=O) groups excluding carboxylic acids is 1. The molecule has 5 nitrogen and oxygen atoms in total. The van der Waals surface area contributed by atoms with Gasteiger partial charge >= 0.3 is 0 Å². The highest BCUT2D eigenvalue weighted by Crippen LogP contribution is 2.53. The van der Waals surface area contributed by atoms with E-state index in [1.54, 1.807) is 0 Å². The number of hydrogen-bond donors (Lipinski definition) is 1. The van der Waals surface area contributed by atoms with Crippen molar-refractivity contribution in [1.29, 1.82) is 0 Å². The van der Waals surface area contributed by atoms with Crippen LogP contribution in [0, 0.1) is 6.92 Å². The number of aromatic nitrogens is 2. The lowest BCUT2D eigenvalue weighted by atomic mass is 10.0. The maximum atomic E-state index is 12.0. The molecule has 1 N–H and O–H groups in total. The van der Waals surface area contributed by atoms with Gasteiger partial charge in [-0.05, 0) is 73.5 Å². The summed E-state index contributed by atoms with van der Waals surface area (Å²) in [6.45, 7) is 9.95. The van der Waals surface area contributed by atoms with Crippen LogP contribution in [0.2, 0.25) is 0 Å². The minimum absolute atomic E-state index is 0.254. The predicted octanol–water partition coefficient (Wildman–Crippen LogP) is 4.84. The number of hydrogen-bond acceptors (Lipinski definition) is 5. The number of rotatable bonds is 7. The Kier molecular flexibility index (Phi) is 5.36. The molecule has 0 unspecified atom stereocenters. The molecular weight excluding hydrogens is 404 g/mol. The number of allylic oxidation sites excluding steroid dienone is 1. The SMILES string of the molecule is C=CCC1(Sn2cc(C)c3c(C=O)cc(-c4ccc(N5CCNCC5)nc4)cc32)CC1. The lowest BCUT2D eigenvalue weighted by Gasteiger charge is -2.28. The van der Waals surface area contributed by atoms with Crippen LogP contribution in [-0.4, -0.2) is 46.2 Å². The summed E-state index contributed by atoms with van der Waals surface area (Å²) in [5.41, 5.74) is 5.04. The van der Waals surface area contributed by atoms with E-state index in [4.69, 9.17) is 4.98 Å². The van der Waals surface area contributed by atoms with Crippen LogP contribution in [0.5, 0.6) is 0 Å². The molecule has 1 aliphatic carbocycles. The van der Waals surface area contributed by atoms with Gasteiger partial charge in [0, 0.05) is 59.8 Å². The number of nitrogens with one attached hydrogen (secondary N) is 1. The van der Waals surface area contributed by atoms with Crippen LogP contribution >= 0.6 is 11.9 Å². The third kappa shape index (κ3) is 3.90. The average molecular weight is 433 g/mol. The van der Waals surface area contributed by atoms with Crippen LogP contribution in [0.15, 0.2) is 49.3 Å². The first-order valence-electron chi connectivity index (χ1n) is 11.0. The first kappa shape index (κ1) is 20.3. The van der Waals surface area contributed by atoms with Crippen molar-refractivity contribution in [3.63, 3.8) is 0 Å². The van der Waals surface area contributed by atoms with Gasteiger partial charge in [0.05, 0.1) is 5.52 Å². The number of benzene rings is 1. The maximum absolute atomic E-state index is 12.0. The lowest BCUT2D eigenvalue weighted by molar-refractivity contribution is 0.112. The molecule has 0 radical (unpaired) electrons. The highest BCUT2D eigenvalue weighted by atomic mass is 32.2. The summed E-state index contributed by atoms with van der Waals surface area (Å²) < 4.78 is 2.52. The summed E-state index contributed by atoms with van der Waals surface area (Å²) >= 11 is 1.88. The second kappa shape index (κ2) is 8.17. The molecule has 1 saturated carbocycles. The van der Waals surface area contributed by atoms with Crippen LogP contribution < -0.4 is 10.2 Å². The van der Waals surface area contributed by atoms with Gasteiger partial charge in [-0.2, -0.15) is 0 Å². The molecule has 2 aromatic heterocycles. The Hall–Kier alpha value is -2.57. The van der Waals surface area contributed by atoms with Crippen LogP contribution in [-0.2, 0) is 0 Å². The van der Waals surface area contributed by atoms with Crippen molar-refractivity contribution in [3.8, 4) is 11.1 Å². The molecule has 0 spiro atoms. The third-order valence-electron chi connectivity index (χ3n) is 6.36. The summed E-state index contributed by atoms with van der Waals surface area (Å²) in [6, 6.07) is 8.41. The second-order valence-electron chi connectivity index (χ2n) is 8.62. The smallest absolute Gasteiger partial charge is 0.150 e. The summed E-state index contributed by atoms with van der Waals surface area (Å²) in [4.78, 5) is 19.0. The summed E-state index contributed by atoms with van der Waals surface area (Å²) in [5, 5.41) is 4.42. The van der Waals surface area contributed by atoms with Crippen molar-refractivity contribution in [2.75, 3.05) is 31.1 Å². The topological polar surface area (TPSA) is 50.2 Å². The highest BCUT2D eigenvalue weighted by Gasteiger charge is 2.43. The molecule has 160 valence electrons. The Bertz CT molecular complexity index is 1120. The van der Waals surface area contributed by atoms with Gasteiger partial charge in [0.1, 0.15) is 5.82 Å². The minimum Gasteiger partial charge on any atom is -0.354 e. The number of piperazine rings is 1. The predicted molar refractivity (Wildman–Crippen MR) is 130 cm³/mol. The van der Waals surface area contributed by atoms with Gasteiger partial charge in [-0.25, -0.2) is 4.98 Å². The zero-order chi connectivity index (χ0) is 21.4. The number of anilines is 1. The van der Waals surface area contributed by atoms with Gasteiger partial charge in [0.15, 0.2) is 6.29 Å². The molecule has 3 aromatic rings. The lowest BCUT2D eigenvalue weighted by Crippen LogP contribution is -2.43. The summed E-state index contributed by atoms with van der Waals surface area (Å²) in [7, 11) is 0. The molecule has 3 heterocycles. The third-order valence-corrected chi connectivity index (χ3v) is 7.82. The summed E-state index contributed by atoms with van der Waals surface area (Å²) in [6.07, 6.45) is 10.5. The number of pyridine rings is 1. The van der Waals surface area contributed by atoms with Crippen molar-refractivity contribution < 1.29 is 4.79 Å². The van der Waals surface area contributed by atoms with Gasteiger partial charge < -0.3 is 10.2 Å². The second-order valence-corrected chi connectivity index (χ2v) is 10.1. The van der Waals surface area contributed by atoms with Crippen molar-refractivity contribution in [1.82, 2.24) is 14.3 Å². The zero-order valence-electron chi connectivity index (χ0n) is 17.9. The molecule has 31 heavy (non-hydrogen) atoms. The normalized spacial score (nSPS) is 17.6. The molecule has 0 amide bonds. The zero-order valence-corrected chi connectivity index (χ0v) is 18.8. The number of fused-ring (bicyclic) bond motifs is 1. The largest absolute Gasteiger partial charge is 0.354 e. The van der Waals surface area contributed by atoms with E-state index in [9.17, 15) is 4.79 Å². The molecule has 1 aliphatic heterocycles. The van der Waals surface area contributed by atoms with Crippen molar-refractivity contribution in [3.05, 3.63) is 60.4 Å². The number of aryl methyl sites for hydroxylation is 1. The van der Waals surface area contributed by atoms with E-state index in [0.717, 1.165) is 77.9 Å². The molecule has 0 bridgehead atoms. The molecule has 5 rings (SSSR count). The van der Waals surface area contributed by atoms with Crippen molar-refractivity contribution in [2.24, 2.45) is 0 Å². The molecule has 0 atom stereocenters. The van der Waals surface area contributed by atoms with Crippen molar-refractivity contribution >= 4 is 35.0 Å². The van der Waals surface area contributed by atoms with Gasteiger partial charge in [-0.3, -0.25) is 8.77 Å². The van der Waals surface area contributed by atoms with Crippen LogP contribution in [0.25, 0.3) is 22.0 Å². The summed E-state index contributed by atoms with van der Waals surface area (Å²) in [5.74, 6) is 1.01. The number of aldehydes is 1. The van der Waals surface area contributed by atoms with E-state index in [1.165, 1.54) is 12.8 Å². The van der Waals surface area contributed by atoms with E-state index in [2.05, 4.69) is 52.1 Å². The monoisotopic (exact) mass is 432 g/mol. The first-order chi connectivity index (χ1) is 15.1. The quantitative estimate of drug-likeness (QED) is 0.428. The van der Waals surface area contributed by atoms with Gasteiger partial charge in [-0.15, -0.1) is 6.58 Å². The Balaban J connectivity index is 1.52. The van der Waals surface area contributed by atoms with Crippen LogP contribution in [0.1, 0.15) is 35.2 Å². The average Bonchev–Trinajstić information content (AvgIpc) is 3.49. The van der Waals surface area contributed by atoms with Crippen LogP contribution in [0.4, 0.5) is 5.82 Å². The van der Waals surface area contributed by atoms with E-state index in [0.29, 0.717) is 0 Å². The number of nitrogens with zero attached hydrogens (tertiary/aromatic N) is 3. The van der Waals surface area contributed by atoms with E-state index < -0.39 is 0 Å². The van der Waals surface area contributed by atoms with Gasteiger partial charge in [0.2, 0.25) is 0 Å². The Labute approximate surface area is 187 Å². The fraction of sp³-hybridized carbons (Fsp3) is 0.360. The fourth-order valence-corrected chi connectivity index (χ4v) is 5.83. The fourth-order valence-electron chi connectivity index (χ4n) is 4.48. The van der Waals surface area contributed by atoms with Crippen molar-refractivity contribution in [2.45, 2.75) is 30.9 Å². The van der Waals surface area contributed by atoms with Gasteiger partial charge in [0.25, 0.3) is 0 Å². The highest BCUT2D eigenvalue weighted by molar-refractivity contribution is 7.99. The van der Waals surface area contributed by atoms with E-state index >= 15 is 0 Å². The minimum atomic E-state index is 0.254. The maximum Gasteiger partial charge on any atom is 0.150 e.